The summed E-state index contributed by atoms with van der Waals surface area (Å²) < 4.78 is 2.18. The first-order valence-electron chi connectivity index (χ1n) is 7.19. The molecule has 4 heteroatoms. The van der Waals surface area contributed by atoms with E-state index in [0.717, 1.165) is 17.1 Å². The molecule has 2 heterocycles. The van der Waals surface area contributed by atoms with Crippen LogP contribution in [-0.2, 0) is 11.2 Å². The molecule has 3 nitrogen and oxygen atoms in total. The van der Waals surface area contributed by atoms with Crippen LogP contribution < -0.4 is 0 Å². The molecule has 0 bridgehead atoms. The molecule has 3 aromatic rings. The predicted molar refractivity (Wildman–Crippen MR) is 89.8 cm³/mol. The van der Waals surface area contributed by atoms with Crippen LogP contribution in [-0.4, -0.2) is 15.6 Å². The molecule has 112 valence electrons. The highest BCUT2D eigenvalue weighted by molar-refractivity contribution is 7.13. The fraction of sp³-hybridized carbons (Fsp3) is 0.167. The normalized spacial score (nSPS) is 10.8. The SMILES string of the molecule is Cc1ccccc1-n1c(CCC(=O)O)ccc1-c1cccs1. The number of carboxylic acid groups (broad SMARTS) is 1. The Bertz CT molecular complexity index is 787. The molecule has 0 fully saturated rings. The highest BCUT2D eigenvalue weighted by Gasteiger charge is 2.14. The van der Waals surface area contributed by atoms with E-state index in [0.29, 0.717) is 6.42 Å². The van der Waals surface area contributed by atoms with Gasteiger partial charge in [0.1, 0.15) is 0 Å². The second-order valence-corrected chi connectivity index (χ2v) is 6.15. The third kappa shape index (κ3) is 2.83. The summed E-state index contributed by atoms with van der Waals surface area (Å²) in [6.07, 6.45) is 0.662. The fourth-order valence-electron chi connectivity index (χ4n) is 2.62. The van der Waals surface area contributed by atoms with Gasteiger partial charge in [-0.3, -0.25) is 4.79 Å². The molecule has 0 saturated heterocycles. The lowest BCUT2D eigenvalue weighted by atomic mass is 10.1. The van der Waals surface area contributed by atoms with Crippen molar-refractivity contribution < 1.29 is 9.90 Å². The average molecular weight is 311 g/mol. The lowest BCUT2D eigenvalue weighted by molar-refractivity contribution is -0.136. The van der Waals surface area contributed by atoms with Crippen molar-refractivity contribution in [2.75, 3.05) is 0 Å². The Morgan fingerprint density at radius 3 is 2.64 bits per heavy atom. The van der Waals surface area contributed by atoms with Crippen molar-refractivity contribution in [3.05, 3.63) is 65.2 Å². The van der Waals surface area contributed by atoms with Gasteiger partial charge in [0.15, 0.2) is 0 Å². The van der Waals surface area contributed by atoms with Crippen LogP contribution in [0.15, 0.2) is 53.9 Å². The molecule has 0 aliphatic rings. The van der Waals surface area contributed by atoms with Gasteiger partial charge in [0, 0.05) is 11.4 Å². The lowest BCUT2D eigenvalue weighted by Gasteiger charge is -2.15. The van der Waals surface area contributed by atoms with E-state index in [4.69, 9.17) is 5.11 Å². The summed E-state index contributed by atoms with van der Waals surface area (Å²) in [5.41, 5.74) is 4.43. The van der Waals surface area contributed by atoms with Crippen molar-refractivity contribution in [2.24, 2.45) is 0 Å². The Hall–Kier alpha value is -2.33. The first kappa shape index (κ1) is 14.6. The topological polar surface area (TPSA) is 42.2 Å². The fourth-order valence-corrected chi connectivity index (χ4v) is 3.37. The summed E-state index contributed by atoms with van der Waals surface area (Å²) in [5, 5.41) is 11.0. The monoisotopic (exact) mass is 311 g/mol. The van der Waals surface area contributed by atoms with E-state index < -0.39 is 5.97 Å². The number of aryl methyl sites for hydroxylation is 2. The molecular weight excluding hydrogens is 294 g/mol. The van der Waals surface area contributed by atoms with Gasteiger partial charge in [-0.05, 0) is 48.6 Å². The predicted octanol–water partition coefficient (Wildman–Crippen LogP) is 4.53. The van der Waals surface area contributed by atoms with Crippen LogP contribution >= 0.6 is 11.3 Å². The van der Waals surface area contributed by atoms with Crippen LogP contribution in [0.25, 0.3) is 16.3 Å². The maximum atomic E-state index is 10.9. The number of benzene rings is 1. The number of carboxylic acids is 1. The van der Waals surface area contributed by atoms with Crippen LogP contribution in [0.3, 0.4) is 0 Å². The van der Waals surface area contributed by atoms with Crippen molar-refractivity contribution >= 4 is 17.3 Å². The number of nitrogens with zero attached hydrogens (tertiary/aromatic N) is 1. The number of aromatic nitrogens is 1. The largest absolute Gasteiger partial charge is 0.481 e. The molecule has 22 heavy (non-hydrogen) atoms. The Labute approximate surface area is 133 Å². The lowest BCUT2D eigenvalue weighted by Crippen LogP contribution is -2.06. The number of para-hydroxylation sites is 1. The Balaban J connectivity index is 2.13. The van der Waals surface area contributed by atoms with Crippen molar-refractivity contribution in [1.29, 1.82) is 0 Å². The molecular formula is C18H17NO2S. The molecule has 0 saturated carbocycles. The maximum absolute atomic E-state index is 10.9. The molecule has 0 amide bonds. The first-order valence-corrected chi connectivity index (χ1v) is 8.07. The van der Waals surface area contributed by atoms with Gasteiger partial charge in [0.25, 0.3) is 0 Å². The number of aliphatic carboxylic acids is 1. The van der Waals surface area contributed by atoms with Gasteiger partial charge in [0.2, 0.25) is 0 Å². The van der Waals surface area contributed by atoms with Crippen LogP contribution in [0.4, 0.5) is 0 Å². The van der Waals surface area contributed by atoms with Crippen molar-refractivity contribution in [3.8, 4) is 16.3 Å². The molecule has 0 aliphatic heterocycles. The number of hydrogen-bond acceptors (Lipinski definition) is 2. The van der Waals surface area contributed by atoms with Crippen molar-refractivity contribution in [2.45, 2.75) is 19.8 Å². The zero-order chi connectivity index (χ0) is 15.5. The summed E-state index contributed by atoms with van der Waals surface area (Å²) >= 11 is 1.69. The summed E-state index contributed by atoms with van der Waals surface area (Å²) in [7, 11) is 0. The highest BCUT2D eigenvalue weighted by atomic mass is 32.1. The number of carbonyl (C=O) groups is 1. The Morgan fingerprint density at radius 1 is 1.14 bits per heavy atom. The summed E-state index contributed by atoms with van der Waals surface area (Å²) in [6.45, 7) is 2.08. The molecule has 2 aromatic heterocycles. The van der Waals surface area contributed by atoms with Crippen LogP contribution in [0, 0.1) is 6.92 Å². The van der Waals surface area contributed by atoms with E-state index in [2.05, 4.69) is 41.1 Å². The highest BCUT2D eigenvalue weighted by Crippen LogP contribution is 2.31. The van der Waals surface area contributed by atoms with Gasteiger partial charge < -0.3 is 9.67 Å². The molecule has 0 aliphatic carbocycles. The second kappa shape index (κ2) is 6.20. The molecule has 0 spiro atoms. The molecule has 0 radical (unpaired) electrons. The van der Waals surface area contributed by atoms with E-state index in [-0.39, 0.29) is 6.42 Å². The number of rotatable bonds is 5. The number of hydrogen-bond donors (Lipinski definition) is 1. The van der Waals surface area contributed by atoms with E-state index in [9.17, 15) is 4.79 Å². The minimum absolute atomic E-state index is 0.139. The summed E-state index contributed by atoms with van der Waals surface area (Å²) in [6, 6.07) is 16.4. The summed E-state index contributed by atoms with van der Waals surface area (Å²) in [4.78, 5) is 12.1. The summed E-state index contributed by atoms with van der Waals surface area (Å²) in [5.74, 6) is -0.768. The van der Waals surface area contributed by atoms with Gasteiger partial charge in [-0.25, -0.2) is 0 Å². The van der Waals surface area contributed by atoms with Gasteiger partial charge in [-0.2, -0.15) is 0 Å². The molecule has 1 aromatic carbocycles. The second-order valence-electron chi connectivity index (χ2n) is 5.20. The molecule has 3 rings (SSSR count). The average Bonchev–Trinajstić information content (AvgIpc) is 3.14. The van der Waals surface area contributed by atoms with Crippen molar-refractivity contribution in [1.82, 2.24) is 4.57 Å². The number of thiophene rings is 1. The van der Waals surface area contributed by atoms with Crippen LogP contribution in [0.5, 0.6) is 0 Å². The molecule has 0 unspecified atom stereocenters. The van der Waals surface area contributed by atoms with Gasteiger partial charge in [-0.15, -0.1) is 11.3 Å². The van der Waals surface area contributed by atoms with E-state index in [1.54, 1.807) is 11.3 Å². The van der Waals surface area contributed by atoms with Crippen LogP contribution in [0.2, 0.25) is 0 Å². The maximum Gasteiger partial charge on any atom is 0.303 e. The smallest absolute Gasteiger partial charge is 0.303 e. The van der Waals surface area contributed by atoms with E-state index in [1.807, 2.05) is 24.3 Å². The van der Waals surface area contributed by atoms with Gasteiger partial charge in [0.05, 0.1) is 17.0 Å². The molecule has 1 N–H and O–H groups in total. The van der Waals surface area contributed by atoms with E-state index >= 15 is 0 Å². The minimum atomic E-state index is -0.768. The van der Waals surface area contributed by atoms with Gasteiger partial charge in [-0.1, -0.05) is 24.3 Å². The quantitative estimate of drug-likeness (QED) is 0.752. The van der Waals surface area contributed by atoms with E-state index in [1.165, 1.54) is 10.4 Å². The molecule has 0 atom stereocenters. The Morgan fingerprint density at radius 2 is 1.95 bits per heavy atom. The third-order valence-electron chi connectivity index (χ3n) is 3.69. The van der Waals surface area contributed by atoms with Crippen molar-refractivity contribution in [3.63, 3.8) is 0 Å². The Kier molecular flexibility index (Phi) is 4.11. The van der Waals surface area contributed by atoms with Gasteiger partial charge >= 0.3 is 5.97 Å². The first-order chi connectivity index (χ1) is 10.7. The zero-order valence-electron chi connectivity index (χ0n) is 12.3. The zero-order valence-corrected chi connectivity index (χ0v) is 13.1. The minimum Gasteiger partial charge on any atom is -0.481 e. The van der Waals surface area contributed by atoms with Crippen LogP contribution in [0.1, 0.15) is 17.7 Å². The third-order valence-corrected chi connectivity index (χ3v) is 4.58. The standard InChI is InChI=1S/C18H17NO2S/c1-13-5-2-3-6-15(13)19-14(9-11-18(20)21)8-10-16(19)17-7-4-12-22-17/h2-8,10,12H,9,11H2,1H3,(H,20,21).